The average molecular weight is 428 g/mol. The van der Waals surface area contributed by atoms with Crippen molar-refractivity contribution in [3.63, 3.8) is 0 Å². The number of nitrogens with zero attached hydrogens (tertiary/aromatic N) is 3. The zero-order valence-corrected chi connectivity index (χ0v) is 18.6. The average Bonchev–Trinajstić information content (AvgIpc) is 3.25. The van der Waals surface area contributed by atoms with Gasteiger partial charge in [0.2, 0.25) is 5.91 Å². The lowest BCUT2D eigenvalue weighted by atomic mass is 9.99. The van der Waals surface area contributed by atoms with Crippen molar-refractivity contribution in [1.82, 2.24) is 20.1 Å². The van der Waals surface area contributed by atoms with E-state index in [1.807, 2.05) is 31.5 Å². The zero-order valence-electron chi connectivity index (χ0n) is 18.6. The van der Waals surface area contributed by atoms with Crippen molar-refractivity contribution in [1.29, 1.82) is 0 Å². The van der Waals surface area contributed by atoms with Gasteiger partial charge in [-0.2, -0.15) is 5.10 Å². The molecule has 0 radical (unpaired) electrons. The molecular formula is C26H29N5O. The number of carbonyl (C=O) groups excluding carboxylic acids is 1. The van der Waals surface area contributed by atoms with Crippen molar-refractivity contribution in [2.45, 2.75) is 32.2 Å². The summed E-state index contributed by atoms with van der Waals surface area (Å²) >= 11 is 0. The van der Waals surface area contributed by atoms with E-state index in [0.717, 1.165) is 36.0 Å². The molecule has 6 nitrogen and oxygen atoms in total. The number of hydrogen-bond donors (Lipinski definition) is 2. The first-order chi connectivity index (χ1) is 15.6. The minimum Gasteiger partial charge on any atom is -0.309 e. The Labute approximate surface area is 189 Å². The zero-order chi connectivity index (χ0) is 22.3. The number of benzene rings is 1. The van der Waals surface area contributed by atoms with Crippen molar-refractivity contribution in [3.8, 4) is 11.1 Å². The number of rotatable bonds is 8. The van der Waals surface area contributed by atoms with Crippen LogP contribution in [0.3, 0.4) is 0 Å². The van der Waals surface area contributed by atoms with Gasteiger partial charge >= 0.3 is 0 Å². The molecule has 0 saturated carbocycles. The van der Waals surface area contributed by atoms with Gasteiger partial charge in [-0.25, -0.2) is 4.98 Å². The molecule has 1 atom stereocenters. The Morgan fingerprint density at radius 3 is 2.59 bits per heavy atom. The number of aryl methyl sites for hydroxylation is 2. The highest BCUT2D eigenvalue weighted by Crippen LogP contribution is 2.20. The molecule has 0 aliphatic heterocycles. The van der Waals surface area contributed by atoms with Gasteiger partial charge < -0.3 is 10.6 Å². The molecule has 0 saturated heterocycles. The summed E-state index contributed by atoms with van der Waals surface area (Å²) in [4.78, 5) is 17.6. The smallest absolute Gasteiger partial charge is 0.247 e. The van der Waals surface area contributed by atoms with Crippen LogP contribution >= 0.6 is 0 Å². The summed E-state index contributed by atoms with van der Waals surface area (Å²) in [6.07, 6.45) is 14.6. The Kier molecular flexibility index (Phi) is 6.92. The first-order valence-corrected chi connectivity index (χ1v) is 11.0. The first-order valence-electron chi connectivity index (χ1n) is 11.0. The van der Waals surface area contributed by atoms with Crippen LogP contribution < -0.4 is 10.6 Å². The second kappa shape index (κ2) is 10.2. The van der Waals surface area contributed by atoms with Gasteiger partial charge in [0.05, 0.1) is 6.20 Å². The lowest BCUT2D eigenvalue weighted by Gasteiger charge is -2.21. The first kappa shape index (κ1) is 21.7. The highest BCUT2D eigenvalue weighted by Gasteiger charge is 2.22. The Balaban J connectivity index is 1.42. The Morgan fingerprint density at radius 1 is 1.09 bits per heavy atom. The maximum Gasteiger partial charge on any atom is 0.247 e. The second-order valence-electron chi connectivity index (χ2n) is 8.13. The highest BCUT2D eigenvalue weighted by molar-refractivity contribution is 5.96. The lowest BCUT2D eigenvalue weighted by molar-refractivity contribution is -0.117. The lowest BCUT2D eigenvalue weighted by Crippen LogP contribution is -2.43. The molecular weight excluding hydrogens is 398 g/mol. The van der Waals surface area contributed by atoms with Crippen molar-refractivity contribution in [3.05, 3.63) is 89.9 Å². The molecule has 0 spiro atoms. The standard InChI is InChI=1S/C26H29N5O/c1-19-8-10-20(11-9-19)14-15-27-25(21-6-4-3-5-7-21)26(32)30-24-13-12-22(16-28-24)23-17-29-31(2)18-23/h4,6-13,16-18,25,27H,3,5,14-15H2,1-2H3,(H,28,30,32). The summed E-state index contributed by atoms with van der Waals surface area (Å²) in [6, 6.07) is 11.9. The summed E-state index contributed by atoms with van der Waals surface area (Å²) in [5.41, 5.74) is 5.46. The van der Waals surface area contributed by atoms with Crippen molar-refractivity contribution in [2.24, 2.45) is 7.05 Å². The molecule has 164 valence electrons. The number of pyridine rings is 1. The topological polar surface area (TPSA) is 71.8 Å². The number of carbonyl (C=O) groups is 1. The molecule has 1 aliphatic carbocycles. The molecule has 4 rings (SSSR count). The number of hydrogen-bond acceptors (Lipinski definition) is 4. The molecule has 2 N–H and O–H groups in total. The molecule has 1 aliphatic rings. The van der Waals surface area contributed by atoms with Crippen LogP contribution in [0.15, 0.2) is 78.8 Å². The van der Waals surface area contributed by atoms with Crippen LogP contribution in [-0.4, -0.2) is 33.3 Å². The van der Waals surface area contributed by atoms with Crippen LogP contribution in [0.4, 0.5) is 5.82 Å². The van der Waals surface area contributed by atoms with Gasteiger partial charge in [0.25, 0.3) is 0 Å². The molecule has 1 unspecified atom stereocenters. The number of anilines is 1. The quantitative estimate of drug-likeness (QED) is 0.565. The van der Waals surface area contributed by atoms with Gasteiger partial charge in [-0.3, -0.25) is 9.48 Å². The van der Waals surface area contributed by atoms with Crippen molar-refractivity contribution < 1.29 is 4.79 Å². The molecule has 6 heteroatoms. The summed E-state index contributed by atoms with van der Waals surface area (Å²) in [7, 11) is 1.88. The number of aromatic nitrogens is 3. The largest absolute Gasteiger partial charge is 0.309 e. The predicted octanol–water partition coefficient (Wildman–Crippen LogP) is 4.21. The maximum atomic E-state index is 13.2. The van der Waals surface area contributed by atoms with E-state index in [4.69, 9.17) is 0 Å². The van der Waals surface area contributed by atoms with Crippen LogP contribution in [0.5, 0.6) is 0 Å². The Bertz CT molecular complexity index is 1110. The highest BCUT2D eigenvalue weighted by atomic mass is 16.2. The van der Waals surface area contributed by atoms with Crippen LogP contribution in [0, 0.1) is 6.92 Å². The van der Waals surface area contributed by atoms with E-state index in [0.29, 0.717) is 12.4 Å². The third-order valence-corrected chi connectivity index (χ3v) is 5.55. The van der Waals surface area contributed by atoms with Gasteiger partial charge in [0, 0.05) is 37.1 Å². The van der Waals surface area contributed by atoms with Gasteiger partial charge in [-0.1, -0.05) is 48.1 Å². The van der Waals surface area contributed by atoms with E-state index < -0.39 is 6.04 Å². The van der Waals surface area contributed by atoms with E-state index >= 15 is 0 Å². The maximum absolute atomic E-state index is 13.2. The molecule has 3 aromatic rings. The van der Waals surface area contributed by atoms with Crippen molar-refractivity contribution >= 4 is 11.7 Å². The molecule has 2 heterocycles. The Morgan fingerprint density at radius 2 is 1.94 bits per heavy atom. The normalized spacial score (nSPS) is 14.1. The molecule has 2 aromatic heterocycles. The van der Waals surface area contributed by atoms with Gasteiger partial charge in [-0.05, 0) is 49.5 Å². The van der Waals surface area contributed by atoms with Gasteiger partial charge in [-0.15, -0.1) is 0 Å². The number of amides is 1. The van der Waals surface area contributed by atoms with E-state index in [1.54, 1.807) is 17.1 Å². The number of allylic oxidation sites excluding steroid dienone is 2. The molecule has 0 fully saturated rings. The van der Waals surface area contributed by atoms with Crippen LogP contribution in [-0.2, 0) is 18.3 Å². The molecule has 1 amide bonds. The fourth-order valence-electron chi connectivity index (χ4n) is 3.73. The fraction of sp³-hybridized carbons (Fsp3) is 0.269. The predicted molar refractivity (Wildman–Crippen MR) is 128 cm³/mol. The molecule has 0 bridgehead atoms. The summed E-state index contributed by atoms with van der Waals surface area (Å²) in [5, 5.41) is 10.6. The molecule has 1 aromatic carbocycles. The minimum absolute atomic E-state index is 0.103. The third-order valence-electron chi connectivity index (χ3n) is 5.55. The van der Waals surface area contributed by atoms with E-state index in [2.05, 4.69) is 64.1 Å². The summed E-state index contributed by atoms with van der Waals surface area (Å²) < 4.78 is 1.75. The monoisotopic (exact) mass is 427 g/mol. The van der Waals surface area contributed by atoms with Gasteiger partial charge in [0.15, 0.2) is 0 Å². The third kappa shape index (κ3) is 5.59. The summed E-state index contributed by atoms with van der Waals surface area (Å²) in [6.45, 7) is 2.79. The summed E-state index contributed by atoms with van der Waals surface area (Å²) in [5.74, 6) is 0.432. The van der Waals surface area contributed by atoms with E-state index in [1.165, 1.54) is 11.1 Å². The molecule has 32 heavy (non-hydrogen) atoms. The van der Waals surface area contributed by atoms with Crippen LogP contribution in [0.25, 0.3) is 11.1 Å². The van der Waals surface area contributed by atoms with E-state index in [9.17, 15) is 4.79 Å². The minimum atomic E-state index is -0.420. The number of nitrogens with one attached hydrogen (secondary N) is 2. The van der Waals surface area contributed by atoms with E-state index in [-0.39, 0.29) is 5.91 Å². The van der Waals surface area contributed by atoms with Gasteiger partial charge in [0.1, 0.15) is 11.9 Å². The van der Waals surface area contributed by atoms with Crippen molar-refractivity contribution in [2.75, 3.05) is 11.9 Å². The van der Waals surface area contributed by atoms with Crippen LogP contribution in [0.1, 0.15) is 24.0 Å². The SMILES string of the molecule is Cc1ccc(CCNC(C(=O)Nc2ccc(-c3cnn(C)c3)cn2)C2=CCCC=C2)cc1. The second-order valence-corrected chi connectivity index (χ2v) is 8.13. The fourth-order valence-corrected chi connectivity index (χ4v) is 3.73. The van der Waals surface area contributed by atoms with Crippen LogP contribution in [0.2, 0.25) is 0 Å². The Hall–Kier alpha value is -3.51.